The minimum atomic E-state index is -1.07. The van der Waals surface area contributed by atoms with Gasteiger partial charge in [-0.1, -0.05) is 6.07 Å². The molecule has 0 unspecified atom stereocenters. The van der Waals surface area contributed by atoms with E-state index in [-0.39, 0.29) is 25.6 Å². The summed E-state index contributed by atoms with van der Waals surface area (Å²) in [7, 11) is 1.50. The van der Waals surface area contributed by atoms with Gasteiger partial charge in [-0.05, 0) is 12.1 Å². The molecule has 1 heterocycles. The quantitative estimate of drug-likeness (QED) is 0.801. The number of rotatable bonds is 6. The second-order valence-corrected chi connectivity index (χ2v) is 4.57. The van der Waals surface area contributed by atoms with Crippen LogP contribution in [0, 0.1) is 0 Å². The minimum Gasteiger partial charge on any atom is -0.489 e. The molecule has 7 nitrogen and oxygen atoms in total. The molecule has 114 valence electrons. The van der Waals surface area contributed by atoms with Gasteiger partial charge in [0.25, 0.3) is 5.91 Å². The van der Waals surface area contributed by atoms with Crippen LogP contribution >= 0.6 is 0 Å². The molecule has 0 radical (unpaired) electrons. The second-order valence-electron chi connectivity index (χ2n) is 4.57. The van der Waals surface area contributed by atoms with Crippen molar-refractivity contribution in [2.24, 2.45) is 0 Å². The Morgan fingerprint density at radius 1 is 1.48 bits per heavy atom. The van der Waals surface area contributed by atoms with Gasteiger partial charge in [-0.15, -0.1) is 0 Å². The average Bonchev–Trinajstić information content (AvgIpc) is 2.50. The third-order valence-corrected chi connectivity index (χ3v) is 3.09. The first kappa shape index (κ1) is 15.1. The van der Waals surface area contributed by atoms with Gasteiger partial charge in [0.1, 0.15) is 13.2 Å². The van der Waals surface area contributed by atoms with E-state index in [1.165, 1.54) is 12.0 Å². The molecule has 1 aromatic carbocycles. The molecule has 2 rings (SSSR count). The lowest BCUT2D eigenvalue weighted by atomic mass is 10.1. The highest BCUT2D eigenvalue weighted by molar-refractivity contribution is 6.00. The van der Waals surface area contributed by atoms with Crippen molar-refractivity contribution < 1.29 is 24.2 Å². The molecule has 0 spiro atoms. The number of hydrogen-bond acceptors (Lipinski definition) is 5. The standard InChI is InChI=1S/C14H18N2O5/c1-20-8-6-16(9-12(17)18)14(19)10-3-2-4-11-13(10)21-7-5-15-11/h2-4,15H,5-9H2,1H3,(H,17,18). The number of hydrogen-bond donors (Lipinski definition) is 2. The van der Waals surface area contributed by atoms with Crippen molar-refractivity contribution >= 4 is 17.6 Å². The van der Waals surface area contributed by atoms with E-state index in [2.05, 4.69) is 5.32 Å². The summed E-state index contributed by atoms with van der Waals surface area (Å²) in [6, 6.07) is 5.20. The number of ether oxygens (including phenoxy) is 2. The van der Waals surface area contributed by atoms with Gasteiger partial charge in [0.2, 0.25) is 0 Å². The maximum Gasteiger partial charge on any atom is 0.323 e. The van der Waals surface area contributed by atoms with E-state index in [1.807, 2.05) is 6.07 Å². The van der Waals surface area contributed by atoms with Crippen LogP contribution in [0.5, 0.6) is 5.75 Å². The Bertz CT molecular complexity index is 532. The van der Waals surface area contributed by atoms with Crippen LogP contribution in [0.15, 0.2) is 18.2 Å². The van der Waals surface area contributed by atoms with Crippen LogP contribution in [0.25, 0.3) is 0 Å². The number of carbonyl (C=O) groups excluding carboxylic acids is 1. The summed E-state index contributed by atoms with van der Waals surface area (Å²) in [5, 5.41) is 12.1. The van der Waals surface area contributed by atoms with Crippen LogP contribution in [0.1, 0.15) is 10.4 Å². The van der Waals surface area contributed by atoms with E-state index in [1.54, 1.807) is 12.1 Å². The smallest absolute Gasteiger partial charge is 0.323 e. The van der Waals surface area contributed by atoms with E-state index in [0.717, 1.165) is 5.69 Å². The number of fused-ring (bicyclic) bond motifs is 1. The summed E-state index contributed by atoms with van der Waals surface area (Å²) in [4.78, 5) is 24.7. The van der Waals surface area contributed by atoms with Crippen molar-refractivity contribution in [3.8, 4) is 5.75 Å². The molecule has 0 aromatic heterocycles. The van der Waals surface area contributed by atoms with E-state index < -0.39 is 5.97 Å². The van der Waals surface area contributed by atoms with E-state index in [9.17, 15) is 9.59 Å². The van der Waals surface area contributed by atoms with Gasteiger partial charge in [0, 0.05) is 20.2 Å². The van der Waals surface area contributed by atoms with Crippen LogP contribution in [-0.4, -0.2) is 61.8 Å². The molecule has 0 bridgehead atoms. The summed E-state index contributed by atoms with van der Waals surface area (Å²) in [5.41, 5.74) is 1.10. The van der Waals surface area contributed by atoms with E-state index in [0.29, 0.717) is 24.5 Å². The van der Waals surface area contributed by atoms with Gasteiger partial charge < -0.3 is 24.8 Å². The Balaban J connectivity index is 2.25. The lowest BCUT2D eigenvalue weighted by Gasteiger charge is -2.25. The Morgan fingerprint density at radius 2 is 2.29 bits per heavy atom. The first-order chi connectivity index (χ1) is 10.1. The van der Waals surface area contributed by atoms with Crippen molar-refractivity contribution in [3.63, 3.8) is 0 Å². The molecule has 1 aliphatic rings. The first-order valence-corrected chi connectivity index (χ1v) is 6.63. The summed E-state index contributed by atoms with van der Waals surface area (Å²) in [5.74, 6) is -0.972. The normalized spacial score (nSPS) is 12.8. The third-order valence-electron chi connectivity index (χ3n) is 3.09. The first-order valence-electron chi connectivity index (χ1n) is 6.63. The van der Waals surface area contributed by atoms with E-state index >= 15 is 0 Å². The fraction of sp³-hybridized carbons (Fsp3) is 0.429. The Labute approximate surface area is 122 Å². The van der Waals surface area contributed by atoms with Crippen molar-refractivity contribution in [1.29, 1.82) is 0 Å². The van der Waals surface area contributed by atoms with Gasteiger partial charge in [0.05, 0.1) is 17.9 Å². The van der Waals surface area contributed by atoms with Crippen LogP contribution in [0.4, 0.5) is 5.69 Å². The lowest BCUT2D eigenvalue weighted by Crippen LogP contribution is -2.38. The maximum atomic E-state index is 12.6. The molecule has 2 N–H and O–H groups in total. The number of carboxylic acid groups (broad SMARTS) is 1. The molecule has 1 aromatic rings. The Hall–Kier alpha value is -2.28. The monoisotopic (exact) mass is 294 g/mol. The Morgan fingerprint density at radius 3 is 3.00 bits per heavy atom. The number of carbonyl (C=O) groups is 2. The second kappa shape index (κ2) is 6.94. The molecule has 7 heteroatoms. The van der Waals surface area contributed by atoms with Gasteiger partial charge in [-0.3, -0.25) is 9.59 Å². The number of carboxylic acids is 1. The van der Waals surface area contributed by atoms with Crippen LogP contribution < -0.4 is 10.1 Å². The van der Waals surface area contributed by atoms with Crippen LogP contribution in [0.2, 0.25) is 0 Å². The fourth-order valence-electron chi connectivity index (χ4n) is 2.13. The highest BCUT2D eigenvalue weighted by atomic mass is 16.5. The lowest BCUT2D eigenvalue weighted by molar-refractivity contribution is -0.137. The number of aliphatic carboxylic acids is 1. The topological polar surface area (TPSA) is 88.1 Å². The molecular formula is C14H18N2O5. The van der Waals surface area contributed by atoms with Gasteiger partial charge in [0.15, 0.2) is 5.75 Å². The van der Waals surface area contributed by atoms with Crippen molar-refractivity contribution in [2.45, 2.75) is 0 Å². The molecule has 1 amide bonds. The minimum absolute atomic E-state index is 0.207. The molecule has 0 saturated heterocycles. The van der Waals surface area contributed by atoms with Gasteiger partial charge in [-0.25, -0.2) is 0 Å². The van der Waals surface area contributed by atoms with Crippen molar-refractivity contribution in [3.05, 3.63) is 23.8 Å². The summed E-state index contributed by atoms with van der Waals surface area (Å²) in [6.45, 7) is 1.24. The highest BCUT2D eigenvalue weighted by Gasteiger charge is 2.24. The molecule has 1 aliphatic heterocycles. The number of methoxy groups -OCH3 is 1. The number of amides is 1. The van der Waals surface area contributed by atoms with Crippen LogP contribution in [-0.2, 0) is 9.53 Å². The average molecular weight is 294 g/mol. The highest BCUT2D eigenvalue weighted by Crippen LogP contribution is 2.31. The van der Waals surface area contributed by atoms with Crippen molar-refractivity contribution in [2.75, 3.05) is 45.3 Å². The zero-order valence-electron chi connectivity index (χ0n) is 11.8. The van der Waals surface area contributed by atoms with Gasteiger partial charge in [-0.2, -0.15) is 0 Å². The predicted molar refractivity (Wildman–Crippen MR) is 75.8 cm³/mol. The fourth-order valence-corrected chi connectivity index (χ4v) is 2.13. The summed E-state index contributed by atoms with van der Waals surface area (Å²) >= 11 is 0. The molecule has 0 saturated carbocycles. The summed E-state index contributed by atoms with van der Waals surface area (Å²) in [6.07, 6.45) is 0. The molecule has 0 fully saturated rings. The SMILES string of the molecule is COCCN(CC(=O)O)C(=O)c1cccc2c1OCCN2. The number of nitrogens with zero attached hydrogens (tertiary/aromatic N) is 1. The number of anilines is 1. The van der Waals surface area contributed by atoms with Gasteiger partial charge >= 0.3 is 5.97 Å². The maximum absolute atomic E-state index is 12.6. The number of para-hydroxylation sites is 1. The molecule has 21 heavy (non-hydrogen) atoms. The summed E-state index contributed by atoms with van der Waals surface area (Å²) < 4.78 is 10.5. The largest absolute Gasteiger partial charge is 0.489 e. The molecular weight excluding hydrogens is 276 g/mol. The van der Waals surface area contributed by atoms with Crippen molar-refractivity contribution in [1.82, 2.24) is 4.90 Å². The number of benzene rings is 1. The Kier molecular flexibility index (Phi) is 4.99. The number of nitrogens with one attached hydrogen (secondary N) is 1. The van der Waals surface area contributed by atoms with E-state index in [4.69, 9.17) is 14.6 Å². The third kappa shape index (κ3) is 3.63. The molecule has 0 aliphatic carbocycles. The van der Waals surface area contributed by atoms with Crippen LogP contribution in [0.3, 0.4) is 0 Å². The zero-order chi connectivity index (χ0) is 15.2. The predicted octanol–water partition coefficient (Wildman–Crippen LogP) is 0.664. The molecule has 0 atom stereocenters. The zero-order valence-corrected chi connectivity index (χ0v) is 11.8.